The molecule has 0 spiro atoms. The molecule has 1 heterocycles. The van der Waals surface area contributed by atoms with Crippen molar-refractivity contribution < 1.29 is 4.74 Å². The Morgan fingerprint density at radius 2 is 2.40 bits per heavy atom. The average Bonchev–Trinajstić information content (AvgIpc) is 2.29. The summed E-state index contributed by atoms with van der Waals surface area (Å²) in [5.41, 5.74) is 1.13. The van der Waals surface area contributed by atoms with Crippen LogP contribution in [0.2, 0.25) is 0 Å². The molecule has 1 saturated heterocycles. The fourth-order valence-electron chi connectivity index (χ4n) is 1.63. The van der Waals surface area contributed by atoms with Crippen molar-refractivity contribution >= 4 is 21.6 Å². The molecule has 1 aliphatic rings. The number of ether oxygens (including phenoxy) is 1. The second-order valence-corrected chi connectivity index (χ2v) is 4.33. The molecule has 15 heavy (non-hydrogen) atoms. The van der Waals surface area contributed by atoms with Crippen LogP contribution in [0.3, 0.4) is 0 Å². The second-order valence-electron chi connectivity index (χ2n) is 3.41. The topological polar surface area (TPSA) is 36.3 Å². The summed E-state index contributed by atoms with van der Waals surface area (Å²) < 4.78 is 6.35. The summed E-state index contributed by atoms with van der Waals surface area (Å²) in [7, 11) is 0. The molecule has 0 aromatic heterocycles. The van der Waals surface area contributed by atoms with Gasteiger partial charge in [0.2, 0.25) is 0 Å². The smallest absolute Gasteiger partial charge is 0.161 e. The Morgan fingerprint density at radius 3 is 3.13 bits per heavy atom. The number of benzene rings is 1. The summed E-state index contributed by atoms with van der Waals surface area (Å²) in [6, 6.07) is 10.2. The van der Waals surface area contributed by atoms with Crippen LogP contribution in [0.25, 0.3) is 0 Å². The minimum Gasteiger partial charge on any atom is -0.365 e. The molecule has 0 N–H and O–H groups in total. The quantitative estimate of drug-likeness (QED) is 0.782. The van der Waals surface area contributed by atoms with Crippen LogP contribution in [-0.4, -0.2) is 25.8 Å². The molecule has 1 aromatic rings. The predicted octanol–water partition coefficient (Wildman–Crippen LogP) is 2.18. The van der Waals surface area contributed by atoms with Crippen molar-refractivity contribution in [3.8, 4) is 6.07 Å². The van der Waals surface area contributed by atoms with Gasteiger partial charge < -0.3 is 9.64 Å². The lowest BCUT2D eigenvalue weighted by atomic mass is 10.2. The Balaban J connectivity index is 2.14. The first-order valence-corrected chi connectivity index (χ1v) is 5.60. The van der Waals surface area contributed by atoms with Gasteiger partial charge in [0.1, 0.15) is 0 Å². The third-order valence-corrected chi connectivity index (χ3v) is 2.88. The molecule has 4 heteroatoms. The first-order valence-electron chi connectivity index (χ1n) is 4.81. The normalized spacial score (nSPS) is 21.1. The van der Waals surface area contributed by atoms with E-state index in [2.05, 4.69) is 33.0 Å². The van der Waals surface area contributed by atoms with Crippen LogP contribution in [0.1, 0.15) is 0 Å². The van der Waals surface area contributed by atoms with E-state index >= 15 is 0 Å². The van der Waals surface area contributed by atoms with E-state index in [-0.39, 0.29) is 6.10 Å². The molecule has 1 fully saturated rings. The van der Waals surface area contributed by atoms with E-state index in [1.54, 1.807) is 0 Å². The zero-order valence-corrected chi connectivity index (χ0v) is 9.77. The predicted molar refractivity (Wildman–Crippen MR) is 61.7 cm³/mol. The standard InChI is InChI=1S/C11H11BrN2O/c12-9-2-1-3-10(6-9)14-4-5-15-11(7-13)8-14/h1-3,6,11H,4-5,8H2. The Kier molecular flexibility index (Phi) is 3.24. The largest absolute Gasteiger partial charge is 0.365 e. The van der Waals surface area contributed by atoms with Crippen molar-refractivity contribution in [1.29, 1.82) is 5.26 Å². The van der Waals surface area contributed by atoms with Gasteiger partial charge in [-0.05, 0) is 18.2 Å². The first kappa shape index (κ1) is 10.5. The van der Waals surface area contributed by atoms with Gasteiger partial charge >= 0.3 is 0 Å². The maximum absolute atomic E-state index is 8.80. The highest BCUT2D eigenvalue weighted by Gasteiger charge is 2.19. The zero-order valence-electron chi connectivity index (χ0n) is 8.19. The maximum Gasteiger partial charge on any atom is 0.161 e. The Hall–Kier alpha value is -1.05. The molecule has 0 amide bonds. The number of nitriles is 1. The van der Waals surface area contributed by atoms with Crippen LogP contribution in [-0.2, 0) is 4.74 Å². The summed E-state index contributed by atoms with van der Waals surface area (Å²) in [5, 5.41) is 8.80. The Bertz CT molecular complexity index is 388. The molecular formula is C11H11BrN2O. The lowest BCUT2D eigenvalue weighted by Gasteiger charge is -2.31. The number of morpholine rings is 1. The van der Waals surface area contributed by atoms with Crippen LogP contribution in [0.5, 0.6) is 0 Å². The zero-order chi connectivity index (χ0) is 10.7. The number of rotatable bonds is 1. The third kappa shape index (κ3) is 2.49. The molecular weight excluding hydrogens is 256 g/mol. The summed E-state index contributed by atoms with van der Waals surface area (Å²) in [6.45, 7) is 2.10. The number of hydrogen-bond donors (Lipinski definition) is 0. The molecule has 1 unspecified atom stereocenters. The van der Waals surface area contributed by atoms with Crippen molar-refractivity contribution in [2.45, 2.75) is 6.10 Å². The molecule has 1 aromatic carbocycles. The van der Waals surface area contributed by atoms with Gasteiger partial charge in [-0.25, -0.2) is 0 Å². The molecule has 78 valence electrons. The molecule has 1 atom stereocenters. The number of hydrogen-bond acceptors (Lipinski definition) is 3. The van der Waals surface area contributed by atoms with E-state index in [0.29, 0.717) is 13.2 Å². The van der Waals surface area contributed by atoms with E-state index in [1.807, 2.05) is 18.2 Å². The maximum atomic E-state index is 8.80. The molecule has 0 bridgehead atoms. The van der Waals surface area contributed by atoms with Crippen molar-refractivity contribution in [2.24, 2.45) is 0 Å². The highest BCUT2D eigenvalue weighted by atomic mass is 79.9. The SMILES string of the molecule is N#CC1CN(c2cccc(Br)c2)CCO1. The van der Waals surface area contributed by atoms with Gasteiger partial charge in [-0.15, -0.1) is 0 Å². The number of nitrogens with zero attached hydrogens (tertiary/aromatic N) is 2. The lowest BCUT2D eigenvalue weighted by Crippen LogP contribution is -2.41. The van der Waals surface area contributed by atoms with E-state index in [1.165, 1.54) is 0 Å². The highest BCUT2D eigenvalue weighted by molar-refractivity contribution is 9.10. The first-order chi connectivity index (χ1) is 7.29. The minimum absolute atomic E-state index is 0.308. The fraction of sp³-hybridized carbons (Fsp3) is 0.364. The van der Waals surface area contributed by atoms with Crippen LogP contribution >= 0.6 is 15.9 Å². The van der Waals surface area contributed by atoms with Gasteiger partial charge in [0.05, 0.1) is 19.2 Å². The molecule has 0 aliphatic carbocycles. The van der Waals surface area contributed by atoms with E-state index in [9.17, 15) is 0 Å². The van der Waals surface area contributed by atoms with Crippen LogP contribution < -0.4 is 4.90 Å². The fourth-order valence-corrected chi connectivity index (χ4v) is 2.02. The average molecular weight is 267 g/mol. The van der Waals surface area contributed by atoms with Crippen molar-refractivity contribution in [2.75, 3.05) is 24.6 Å². The Morgan fingerprint density at radius 1 is 1.53 bits per heavy atom. The third-order valence-electron chi connectivity index (χ3n) is 2.38. The van der Waals surface area contributed by atoms with E-state index < -0.39 is 0 Å². The molecule has 2 rings (SSSR count). The van der Waals surface area contributed by atoms with Crippen molar-refractivity contribution in [3.05, 3.63) is 28.7 Å². The van der Waals surface area contributed by atoms with Gasteiger partial charge in [0.25, 0.3) is 0 Å². The second kappa shape index (κ2) is 4.65. The van der Waals surface area contributed by atoms with Gasteiger partial charge in [0.15, 0.2) is 6.10 Å². The molecule has 3 nitrogen and oxygen atoms in total. The van der Waals surface area contributed by atoms with Crippen LogP contribution in [0.15, 0.2) is 28.7 Å². The number of anilines is 1. The monoisotopic (exact) mass is 266 g/mol. The Labute approximate surface area is 97.4 Å². The summed E-state index contributed by atoms with van der Waals surface area (Å²) in [6.07, 6.45) is -0.308. The molecule has 1 aliphatic heterocycles. The van der Waals surface area contributed by atoms with E-state index in [4.69, 9.17) is 10.00 Å². The van der Waals surface area contributed by atoms with Gasteiger partial charge in [-0.2, -0.15) is 5.26 Å². The van der Waals surface area contributed by atoms with E-state index in [0.717, 1.165) is 16.7 Å². The van der Waals surface area contributed by atoms with Crippen molar-refractivity contribution in [1.82, 2.24) is 0 Å². The summed E-state index contributed by atoms with van der Waals surface area (Å²) >= 11 is 3.44. The van der Waals surface area contributed by atoms with Gasteiger partial charge in [-0.3, -0.25) is 0 Å². The van der Waals surface area contributed by atoms with Gasteiger partial charge in [-0.1, -0.05) is 22.0 Å². The minimum atomic E-state index is -0.308. The number of halogens is 1. The van der Waals surface area contributed by atoms with Crippen LogP contribution in [0, 0.1) is 11.3 Å². The lowest BCUT2D eigenvalue weighted by molar-refractivity contribution is 0.0764. The van der Waals surface area contributed by atoms with Crippen LogP contribution in [0.4, 0.5) is 5.69 Å². The summed E-state index contributed by atoms with van der Waals surface area (Å²) in [4.78, 5) is 2.17. The van der Waals surface area contributed by atoms with Crippen molar-refractivity contribution in [3.63, 3.8) is 0 Å². The molecule has 0 radical (unpaired) electrons. The highest BCUT2D eigenvalue weighted by Crippen LogP contribution is 2.21. The summed E-state index contributed by atoms with van der Waals surface area (Å²) in [5.74, 6) is 0. The van der Waals surface area contributed by atoms with Gasteiger partial charge in [0, 0.05) is 16.7 Å². The molecule has 0 saturated carbocycles.